The summed E-state index contributed by atoms with van der Waals surface area (Å²) in [4.78, 5) is 39.4. The van der Waals surface area contributed by atoms with Gasteiger partial charge in [-0.25, -0.2) is 4.79 Å². The second-order valence-corrected chi connectivity index (χ2v) is 8.66. The molecule has 1 aliphatic heterocycles. The maximum absolute atomic E-state index is 13.1. The van der Waals surface area contributed by atoms with Crippen molar-refractivity contribution in [3.05, 3.63) is 70.8 Å². The van der Waals surface area contributed by atoms with Crippen LogP contribution in [0.5, 0.6) is 0 Å². The van der Waals surface area contributed by atoms with Gasteiger partial charge in [-0.3, -0.25) is 14.5 Å². The summed E-state index contributed by atoms with van der Waals surface area (Å²) in [5.41, 5.74) is 2.80. The van der Waals surface area contributed by atoms with Crippen LogP contribution in [0.15, 0.2) is 48.5 Å². The topological polar surface area (TPSA) is 78.5 Å². The minimum Gasteiger partial charge on any atom is -0.348 e. The fourth-order valence-corrected chi connectivity index (χ4v) is 3.84. The fraction of sp³-hybridized carbons (Fsp3) is 0.400. The van der Waals surface area contributed by atoms with Crippen molar-refractivity contribution in [1.29, 1.82) is 0 Å². The van der Waals surface area contributed by atoms with Crippen LogP contribution in [0.25, 0.3) is 0 Å². The number of amides is 4. The van der Waals surface area contributed by atoms with Gasteiger partial charge in [-0.15, -0.1) is 0 Å². The van der Waals surface area contributed by atoms with E-state index in [-0.39, 0.29) is 18.5 Å². The quantitative estimate of drug-likeness (QED) is 0.659. The van der Waals surface area contributed by atoms with Crippen molar-refractivity contribution in [2.45, 2.75) is 58.5 Å². The highest BCUT2D eigenvalue weighted by Crippen LogP contribution is 2.30. The van der Waals surface area contributed by atoms with Crippen LogP contribution in [-0.4, -0.2) is 29.3 Å². The average Bonchev–Trinajstić information content (AvgIpc) is 2.96. The van der Waals surface area contributed by atoms with E-state index in [1.807, 2.05) is 62.4 Å². The number of nitrogens with one attached hydrogen (secondary N) is 2. The zero-order valence-corrected chi connectivity index (χ0v) is 18.9. The standard InChI is InChI=1S/C25H31N3O3/c1-6-21(19-9-7-17(4)8-10-19)26-22(29)15-28-23(30)25(5,27-24(28)31)20-13-11-18(12-14-20)16(2)3/h7-14,16,21H,6,15H2,1-5H3,(H,26,29)(H,27,31)/t21-,25+/m0/s1. The summed E-state index contributed by atoms with van der Waals surface area (Å²) in [5, 5.41) is 5.71. The lowest BCUT2D eigenvalue weighted by atomic mass is 9.90. The average molecular weight is 422 g/mol. The van der Waals surface area contributed by atoms with Gasteiger partial charge >= 0.3 is 6.03 Å². The summed E-state index contributed by atoms with van der Waals surface area (Å²) >= 11 is 0. The summed E-state index contributed by atoms with van der Waals surface area (Å²) < 4.78 is 0. The van der Waals surface area contributed by atoms with Crippen LogP contribution in [0.1, 0.15) is 68.3 Å². The first-order valence-corrected chi connectivity index (χ1v) is 10.8. The summed E-state index contributed by atoms with van der Waals surface area (Å²) in [5.74, 6) is -0.417. The molecule has 164 valence electrons. The number of aryl methyl sites for hydroxylation is 1. The molecule has 1 heterocycles. The minimum atomic E-state index is -1.19. The normalized spacial score (nSPS) is 19.5. The number of hydrogen-bond acceptors (Lipinski definition) is 3. The minimum absolute atomic E-state index is 0.177. The van der Waals surface area contributed by atoms with E-state index in [9.17, 15) is 14.4 Å². The van der Waals surface area contributed by atoms with Crippen LogP contribution in [0.2, 0.25) is 0 Å². The van der Waals surface area contributed by atoms with Crippen molar-refractivity contribution in [2.24, 2.45) is 0 Å². The summed E-state index contributed by atoms with van der Waals surface area (Å²) in [7, 11) is 0. The van der Waals surface area contributed by atoms with E-state index >= 15 is 0 Å². The van der Waals surface area contributed by atoms with Gasteiger partial charge in [0.15, 0.2) is 0 Å². The monoisotopic (exact) mass is 421 g/mol. The number of carbonyl (C=O) groups excluding carboxylic acids is 3. The molecule has 3 rings (SSSR count). The van der Waals surface area contributed by atoms with Crippen molar-refractivity contribution in [1.82, 2.24) is 15.5 Å². The van der Waals surface area contributed by atoms with Crippen molar-refractivity contribution in [3.63, 3.8) is 0 Å². The Kier molecular flexibility index (Phi) is 6.48. The summed E-state index contributed by atoms with van der Waals surface area (Å²) in [6.45, 7) is 9.55. The van der Waals surface area contributed by atoms with Crippen LogP contribution >= 0.6 is 0 Å². The molecule has 4 amide bonds. The number of carbonyl (C=O) groups is 3. The highest BCUT2D eigenvalue weighted by atomic mass is 16.2. The lowest BCUT2D eigenvalue weighted by Gasteiger charge is -2.23. The largest absolute Gasteiger partial charge is 0.348 e. The van der Waals surface area contributed by atoms with Gasteiger partial charge in [-0.2, -0.15) is 0 Å². The van der Waals surface area contributed by atoms with Crippen molar-refractivity contribution in [2.75, 3.05) is 6.54 Å². The number of hydrogen-bond donors (Lipinski definition) is 2. The van der Waals surface area contributed by atoms with Gasteiger partial charge < -0.3 is 10.6 Å². The van der Waals surface area contributed by atoms with Crippen LogP contribution in [0.3, 0.4) is 0 Å². The maximum Gasteiger partial charge on any atom is 0.325 e. The van der Waals surface area contributed by atoms with Crippen molar-refractivity contribution in [3.8, 4) is 0 Å². The van der Waals surface area contributed by atoms with E-state index in [0.29, 0.717) is 17.9 Å². The Morgan fingerprint density at radius 2 is 1.61 bits per heavy atom. The third-order valence-corrected chi connectivity index (χ3v) is 5.95. The summed E-state index contributed by atoms with van der Waals surface area (Å²) in [6, 6.07) is 14.9. The third kappa shape index (κ3) is 4.63. The van der Waals surface area contributed by atoms with Crippen LogP contribution in [0.4, 0.5) is 4.79 Å². The molecule has 1 saturated heterocycles. The summed E-state index contributed by atoms with van der Waals surface area (Å²) in [6.07, 6.45) is 0.703. The van der Waals surface area contributed by atoms with Crippen molar-refractivity contribution >= 4 is 17.8 Å². The Hall–Kier alpha value is -3.15. The molecular formula is C25H31N3O3. The van der Waals surface area contributed by atoms with Crippen LogP contribution in [0, 0.1) is 6.92 Å². The van der Waals surface area contributed by atoms with Gasteiger partial charge in [-0.05, 0) is 42.9 Å². The molecule has 0 aromatic heterocycles. The Morgan fingerprint density at radius 1 is 1.03 bits per heavy atom. The van der Waals surface area contributed by atoms with Gasteiger partial charge in [0, 0.05) is 0 Å². The molecule has 0 bridgehead atoms. The molecule has 0 aliphatic carbocycles. The molecule has 31 heavy (non-hydrogen) atoms. The zero-order valence-electron chi connectivity index (χ0n) is 18.9. The van der Waals surface area contributed by atoms with E-state index in [1.54, 1.807) is 6.92 Å². The SMILES string of the molecule is CC[C@H](NC(=O)CN1C(=O)N[C@](C)(c2ccc(C(C)C)cc2)C1=O)c1ccc(C)cc1. The van der Waals surface area contributed by atoms with E-state index in [1.165, 1.54) is 0 Å². The smallest absolute Gasteiger partial charge is 0.325 e. The molecule has 2 atom stereocenters. The Labute approximate surface area is 184 Å². The number of rotatable bonds is 7. The molecular weight excluding hydrogens is 390 g/mol. The van der Waals surface area contributed by atoms with Crippen LogP contribution in [-0.2, 0) is 15.1 Å². The molecule has 2 N–H and O–H groups in total. The van der Waals surface area contributed by atoms with E-state index in [2.05, 4.69) is 24.5 Å². The Bertz CT molecular complexity index is 967. The number of benzene rings is 2. The second-order valence-electron chi connectivity index (χ2n) is 8.66. The number of nitrogens with zero attached hydrogens (tertiary/aromatic N) is 1. The van der Waals surface area contributed by atoms with Gasteiger partial charge in [0.05, 0.1) is 6.04 Å². The Balaban J connectivity index is 1.71. The molecule has 6 heteroatoms. The van der Waals surface area contributed by atoms with Gasteiger partial charge in [0.25, 0.3) is 5.91 Å². The first-order valence-electron chi connectivity index (χ1n) is 10.8. The fourth-order valence-electron chi connectivity index (χ4n) is 3.84. The van der Waals surface area contributed by atoms with Gasteiger partial charge in [-0.1, -0.05) is 74.9 Å². The maximum atomic E-state index is 13.1. The lowest BCUT2D eigenvalue weighted by Crippen LogP contribution is -2.43. The highest BCUT2D eigenvalue weighted by Gasteiger charge is 2.49. The third-order valence-electron chi connectivity index (χ3n) is 5.95. The van der Waals surface area contributed by atoms with Gasteiger partial charge in [0.1, 0.15) is 12.1 Å². The van der Waals surface area contributed by atoms with Crippen LogP contribution < -0.4 is 10.6 Å². The molecule has 0 saturated carbocycles. The Morgan fingerprint density at radius 3 is 2.16 bits per heavy atom. The number of imide groups is 1. The molecule has 0 unspecified atom stereocenters. The molecule has 2 aromatic carbocycles. The van der Waals surface area contributed by atoms with E-state index in [0.717, 1.165) is 21.6 Å². The second kappa shape index (κ2) is 8.92. The zero-order chi connectivity index (χ0) is 22.8. The molecule has 1 fully saturated rings. The predicted molar refractivity (Wildman–Crippen MR) is 120 cm³/mol. The number of urea groups is 1. The van der Waals surface area contributed by atoms with E-state index < -0.39 is 17.5 Å². The van der Waals surface area contributed by atoms with Gasteiger partial charge in [0.2, 0.25) is 5.91 Å². The molecule has 6 nitrogen and oxygen atoms in total. The first kappa shape index (κ1) is 22.5. The lowest BCUT2D eigenvalue weighted by molar-refractivity contribution is -0.135. The van der Waals surface area contributed by atoms with E-state index in [4.69, 9.17) is 0 Å². The molecule has 1 aliphatic rings. The molecule has 0 spiro atoms. The van der Waals surface area contributed by atoms with Crippen molar-refractivity contribution < 1.29 is 14.4 Å². The predicted octanol–water partition coefficient (Wildman–Crippen LogP) is 4.15. The molecule has 2 aromatic rings. The highest BCUT2D eigenvalue weighted by molar-refractivity contribution is 6.09. The first-order chi connectivity index (χ1) is 14.7. The molecule has 0 radical (unpaired) electrons.